The van der Waals surface area contributed by atoms with Crippen molar-refractivity contribution in [1.29, 1.82) is 0 Å². The molecule has 0 spiro atoms. The van der Waals surface area contributed by atoms with Crippen LogP contribution in [0, 0.1) is 12.8 Å². The van der Waals surface area contributed by atoms with Crippen LogP contribution in [0.4, 0.5) is 0 Å². The van der Waals surface area contributed by atoms with Crippen molar-refractivity contribution in [3.05, 3.63) is 64.9 Å². The Morgan fingerprint density at radius 3 is 2.54 bits per heavy atom. The summed E-state index contributed by atoms with van der Waals surface area (Å²) in [5, 5.41) is 0. The van der Waals surface area contributed by atoms with Crippen molar-refractivity contribution >= 4 is 17.8 Å². The second-order valence-corrected chi connectivity index (χ2v) is 6.04. The van der Waals surface area contributed by atoms with E-state index in [4.69, 9.17) is 9.47 Å². The van der Waals surface area contributed by atoms with Gasteiger partial charge in [-0.3, -0.25) is 9.59 Å². The summed E-state index contributed by atoms with van der Waals surface area (Å²) in [4.78, 5) is 24.3. The standard InChI is InChI=1S/C20H18O4/c1-12(2)20(22)23-15-9-13(3)18-16(11-15)24-17(19(18)21)10-14-7-5-4-6-8-14/h4-12H,1-3H3/b17-10-. The Balaban J connectivity index is 1.92. The van der Waals surface area contributed by atoms with E-state index in [2.05, 4.69) is 0 Å². The van der Waals surface area contributed by atoms with Crippen molar-refractivity contribution in [3.63, 3.8) is 0 Å². The van der Waals surface area contributed by atoms with Gasteiger partial charge in [0.1, 0.15) is 11.5 Å². The first-order valence-corrected chi connectivity index (χ1v) is 7.81. The van der Waals surface area contributed by atoms with Crippen LogP contribution in [0.1, 0.15) is 35.3 Å². The molecule has 4 heteroatoms. The lowest BCUT2D eigenvalue weighted by molar-refractivity contribution is -0.137. The smallest absolute Gasteiger partial charge is 0.313 e. The SMILES string of the molecule is Cc1cc(OC(=O)C(C)C)cc2c1C(=O)/C(=C/c1ccccc1)O2. The lowest BCUT2D eigenvalue weighted by Crippen LogP contribution is -2.14. The number of allylic oxidation sites excluding steroid dienone is 1. The highest BCUT2D eigenvalue weighted by molar-refractivity contribution is 6.15. The Morgan fingerprint density at radius 2 is 1.88 bits per heavy atom. The fourth-order valence-electron chi connectivity index (χ4n) is 2.47. The lowest BCUT2D eigenvalue weighted by atomic mass is 10.0. The minimum absolute atomic E-state index is 0.159. The topological polar surface area (TPSA) is 52.6 Å². The fourth-order valence-corrected chi connectivity index (χ4v) is 2.47. The normalized spacial score (nSPS) is 14.7. The summed E-state index contributed by atoms with van der Waals surface area (Å²) >= 11 is 0. The number of hydrogen-bond acceptors (Lipinski definition) is 4. The number of rotatable bonds is 3. The molecule has 1 heterocycles. The molecule has 2 aromatic carbocycles. The van der Waals surface area contributed by atoms with E-state index in [1.165, 1.54) is 0 Å². The number of hydrogen-bond donors (Lipinski definition) is 0. The predicted octanol–water partition coefficient (Wildman–Crippen LogP) is 4.17. The molecular formula is C20H18O4. The molecule has 0 bridgehead atoms. The number of carbonyl (C=O) groups is 2. The first-order valence-electron chi connectivity index (χ1n) is 7.81. The fraction of sp³-hybridized carbons (Fsp3) is 0.200. The molecule has 1 aliphatic heterocycles. The van der Waals surface area contributed by atoms with Crippen LogP contribution in [0.15, 0.2) is 48.2 Å². The largest absolute Gasteiger partial charge is 0.452 e. The van der Waals surface area contributed by atoms with Crippen molar-refractivity contribution in [2.45, 2.75) is 20.8 Å². The van der Waals surface area contributed by atoms with E-state index in [0.717, 1.165) is 11.1 Å². The summed E-state index contributed by atoms with van der Waals surface area (Å²) in [6.45, 7) is 5.34. The number of ketones is 1. The summed E-state index contributed by atoms with van der Waals surface area (Å²) < 4.78 is 11.0. The molecule has 0 N–H and O–H groups in total. The molecule has 122 valence electrons. The van der Waals surface area contributed by atoms with Crippen LogP contribution in [0.2, 0.25) is 0 Å². The average molecular weight is 322 g/mol. The van der Waals surface area contributed by atoms with Crippen molar-refractivity contribution in [3.8, 4) is 11.5 Å². The molecule has 4 nitrogen and oxygen atoms in total. The second kappa shape index (κ2) is 6.32. The molecule has 24 heavy (non-hydrogen) atoms. The van der Waals surface area contributed by atoms with E-state index in [0.29, 0.717) is 17.1 Å². The molecule has 0 radical (unpaired) electrons. The molecule has 0 aromatic heterocycles. The monoisotopic (exact) mass is 322 g/mol. The lowest BCUT2D eigenvalue weighted by Gasteiger charge is -2.09. The Labute approximate surface area is 140 Å². The second-order valence-electron chi connectivity index (χ2n) is 6.04. The Hall–Kier alpha value is -2.88. The molecule has 0 aliphatic carbocycles. The van der Waals surface area contributed by atoms with E-state index >= 15 is 0 Å². The molecule has 0 atom stereocenters. The van der Waals surface area contributed by atoms with E-state index in [-0.39, 0.29) is 23.4 Å². The molecule has 0 unspecified atom stereocenters. The van der Waals surface area contributed by atoms with Gasteiger partial charge in [0, 0.05) is 6.07 Å². The van der Waals surface area contributed by atoms with Gasteiger partial charge < -0.3 is 9.47 Å². The van der Waals surface area contributed by atoms with Gasteiger partial charge in [-0.05, 0) is 30.2 Å². The molecule has 2 aromatic rings. The van der Waals surface area contributed by atoms with Crippen LogP contribution in [-0.2, 0) is 4.79 Å². The Bertz CT molecular complexity index is 832. The molecule has 0 saturated heterocycles. The van der Waals surface area contributed by atoms with E-state index in [9.17, 15) is 9.59 Å². The third-order valence-corrected chi connectivity index (χ3v) is 3.73. The predicted molar refractivity (Wildman–Crippen MR) is 91.0 cm³/mol. The molecule has 0 saturated carbocycles. The number of Topliss-reactive ketones (excluding diaryl/α,β-unsaturated/α-hetero) is 1. The molecular weight excluding hydrogens is 304 g/mol. The van der Waals surface area contributed by atoms with Gasteiger partial charge in [0.25, 0.3) is 0 Å². The van der Waals surface area contributed by atoms with Crippen molar-refractivity contribution in [2.24, 2.45) is 5.92 Å². The minimum Gasteiger partial charge on any atom is -0.452 e. The molecule has 1 aliphatic rings. The Kier molecular flexibility index (Phi) is 4.21. The van der Waals surface area contributed by atoms with Gasteiger partial charge in [-0.1, -0.05) is 44.2 Å². The molecule has 3 rings (SSSR count). The van der Waals surface area contributed by atoms with Gasteiger partial charge >= 0.3 is 5.97 Å². The minimum atomic E-state index is -0.321. The van der Waals surface area contributed by atoms with E-state index < -0.39 is 0 Å². The maximum absolute atomic E-state index is 12.6. The summed E-state index contributed by atoms with van der Waals surface area (Å²) in [7, 11) is 0. The van der Waals surface area contributed by atoms with Gasteiger partial charge in [-0.2, -0.15) is 0 Å². The molecule has 0 fully saturated rings. The highest BCUT2D eigenvalue weighted by Crippen LogP contribution is 2.37. The number of fused-ring (bicyclic) bond motifs is 1. The van der Waals surface area contributed by atoms with Gasteiger partial charge in [0.15, 0.2) is 5.76 Å². The average Bonchev–Trinajstić information content (AvgIpc) is 2.84. The third kappa shape index (κ3) is 3.08. The summed E-state index contributed by atoms with van der Waals surface area (Å²) in [6, 6.07) is 12.8. The van der Waals surface area contributed by atoms with Crippen LogP contribution < -0.4 is 9.47 Å². The first kappa shape index (κ1) is 16.0. The highest BCUT2D eigenvalue weighted by atomic mass is 16.5. The zero-order chi connectivity index (χ0) is 17.3. The number of esters is 1. The maximum Gasteiger partial charge on any atom is 0.313 e. The summed E-state index contributed by atoms with van der Waals surface area (Å²) in [6.07, 6.45) is 1.71. The van der Waals surface area contributed by atoms with Gasteiger partial charge in [0.05, 0.1) is 11.5 Å². The van der Waals surface area contributed by atoms with Crippen LogP contribution in [0.3, 0.4) is 0 Å². The van der Waals surface area contributed by atoms with Crippen LogP contribution in [0.25, 0.3) is 6.08 Å². The molecule has 0 amide bonds. The first-order chi connectivity index (χ1) is 11.5. The van der Waals surface area contributed by atoms with Gasteiger partial charge in [-0.15, -0.1) is 0 Å². The number of aryl methyl sites for hydroxylation is 1. The van der Waals surface area contributed by atoms with E-state index in [1.54, 1.807) is 39.0 Å². The number of benzene rings is 2. The quantitative estimate of drug-likeness (QED) is 0.483. The zero-order valence-electron chi connectivity index (χ0n) is 13.8. The van der Waals surface area contributed by atoms with Crippen molar-refractivity contribution in [1.82, 2.24) is 0 Å². The van der Waals surface area contributed by atoms with Crippen LogP contribution in [0.5, 0.6) is 11.5 Å². The number of ether oxygens (including phenoxy) is 2. The number of carbonyl (C=O) groups excluding carboxylic acids is 2. The van der Waals surface area contributed by atoms with Crippen LogP contribution in [-0.4, -0.2) is 11.8 Å². The highest BCUT2D eigenvalue weighted by Gasteiger charge is 2.30. The van der Waals surface area contributed by atoms with Crippen molar-refractivity contribution < 1.29 is 19.1 Å². The third-order valence-electron chi connectivity index (χ3n) is 3.73. The zero-order valence-corrected chi connectivity index (χ0v) is 13.8. The van der Waals surface area contributed by atoms with Crippen molar-refractivity contribution in [2.75, 3.05) is 0 Å². The van der Waals surface area contributed by atoms with Gasteiger partial charge in [0.2, 0.25) is 5.78 Å². The summed E-state index contributed by atoms with van der Waals surface area (Å²) in [5.41, 5.74) is 2.12. The Morgan fingerprint density at radius 1 is 1.17 bits per heavy atom. The maximum atomic E-state index is 12.6. The van der Waals surface area contributed by atoms with Gasteiger partial charge in [-0.25, -0.2) is 0 Å². The van der Waals surface area contributed by atoms with E-state index in [1.807, 2.05) is 30.3 Å². The summed E-state index contributed by atoms with van der Waals surface area (Å²) in [5.74, 6) is 0.376. The van der Waals surface area contributed by atoms with Crippen LogP contribution >= 0.6 is 0 Å².